The molecule has 0 amide bonds. The average Bonchev–Trinajstić information content (AvgIpc) is 3.43. The van der Waals surface area contributed by atoms with Crippen LogP contribution < -0.4 is 9.47 Å². The first-order chi connectivity index (χ1) is 15.7. The van der Waals surface area contributed by atoms with Crippen molar-refractivity contribution < 1.29 is 14.3 Å². The second-order valence-electron chi connectivity index (χ2n) is 9.29. The van der Waals surface area contributed by atoms with Gasteiger partial charge in [0.25, 0.3) is 0 Å². The van der Waals surface area contributed by atoms with E-state index in [1.54, 1.807) is 20.5 Å². The Kier molecular flexibility index (Phi) is 5.97. The molecule has 33 heavy (non-hydrogen) atoms. The highest BCUT2D eigenvalue weighted by Gasteiger charge is 2.25. The molecule has 7 heteroatoms. The number of ether oxygens (including phenoxy) is 2. The molecule has 0 fully saturated rings. The highest BCUT2D eigenvalue weighted by atomic mass is 16.5. The number of hydrogen-bond acceptors (Lipinski definition) is 5. The van der Waals surface area contributed by atoms with Crippen LogP contribution in [0.15, 0.2) is 49.1 Å². The molecule has 0 unspecified atom stereocenters. The number of ketones is 1. The van der Waals surface area contributed by atoms with Crippen LogP contribution in [0, 0.1) is 5.41 Å². The first kappa shape index (κ1) is 22.6. The SMILES string of the molecule is CCn1cc(-c2ccc3c(c2)ncn3-c2cc(OC)c(C(=O)CC(C)(C)C)c(OC)c2)cn1. The van der Waals surface area contributed by atoms with E-state index in [1.165, 1.54) is 0 Å². The summed E-state index contributed by atoms with van der Waals surface area (Å²) in [4.78, 5) is 17.7. The number of carbonyl (C=O) groups is 1. The van der Waals surface area contributed by atoms with Gasteiger partial charge in [0.15, 0.2) is 5.78 Å². The molecule has 4 rings (SSSR count). The number of fused-ring (bicyclic) bond motifs is 1. The van der Waals surface area contributed by atoms with Crippen molar-refractivity contribution in [2.45, 2.75) is 40.7 Å². The summed E-state index contributed by atoms with van der Waals surface area (Å²) in [5, 5.41) is 4.36. The lowest BCUT2D eigenvalue weighted by atomic mass is 9.87. The smallest absolute Gasteiger partial charge is 0.170 e. The van der Waals surface area contributed by atoms with Crippen LogP contribution in [0.1, 0.15) is 44.5 Å². The number of Topliss-reactive ketones (excluding diaryl/α,β-unsaturated/α-hetero) is 1. The molecular weight excluding hydrogens is 416 g/mol. The van der Waals surface area contributed by atoms with E-state index in [4.69, 9.17) is 9.47 Å². The predicted octanol–water partition coefficient (Wildman–Crippen LogP) is 5.55. The Hall–Kier alpha value is -3.61. The van der Waals surface area contributed by atoms with Crippen molar-refractivity contribution in [2.24, 2.45) is 5.41 Å². The summed E-state index contributed by atoms with van der Waals surface area (Å²) in [6, 6.07) is 9.88. The van der Waals surface area contributed by atoms with Crippen molar-refractivity contribution in [2.75, 3.05) is 14.2 Å². The summed E-state index contributed by atoms with van der Waals surface area (Å²) in [5.41, 5.74) is 5.06. The number of carbonyl (C=O) groups excluding carboxylic acids is 1. The van der Waals surface area contributed by atoms with Crippen LogP contribution in [0.4, 0.5) is 0 Å². The molecule has 4 aromatic rings. The normalized spacial score (nSPS) is 11.7. The molecule has 0 aliphatic carbocycles. The van der Waals surface area contributed by atoms with E-state index in [0.29, 0.717) is 23.5 Å². The fourth-order valence-corrected chi connectivity index (χ4v) is 3.97. The highest BCUT2D eigenvalue weighted by Crippen LogP contribution is 2.36. The van der Waals surface area contributed by atoms with E-state index in [-0.39, 0.29) is 11.2 Å². The molecule has 0 N–H and O–H groups in total. The molecule has 2 aromatic carbocycles. The van der Waals surface area contributed by atoms with Crippen LogP contribution in [0.5, 0.6) is 11.5 Å². The Morgan fingerprint density at radius 3 is 2.30 bits per heavy atom. The second kappa shape index (κ2) is 8.73. The van der Waals surface area contributed by atoms with E-state index >= 15 is 0 Å². The van der Waals surface area contributed by atoms with Crippen molar-refractivity contribution in [3.8, 4) is 28.3 Å². The third kappa shape index (κ3) is 4.49. The summed E-state index contributed by atoms with van der Waals surface area (Å²) >= 11 is 0. The van der Waals surface area contributed by atoms with E-state index in [1.807, 2.05) is 60.6 Å². The molecule has 0 radical (unpaired) electrons. The molecular formula is C26H30N4O3. The lowest BCUT2D eigenvalue weighted by molar-refractivity contribution is 0.0933. The van der Waals surface area contributed by atoms with E-state index in [9.17, 15) is 4.79 Å². The van der Waals surface area contributed by atoms with Crippen molar-refractivity contribution in [3.05, 3.63) is 54.6 Å². The number of rotatable bonds is 7. The number of benzene rings is 2. The minimum Gasteiger partial charge on any atom is -0.496 e. The Morgan fingerprint density at radius 1 is 1.03 bits per heavy atom. The minimum absolute atomic E-state index is 0.00416. The van der Waals surface area contributed by atoms with Gasteiger partial charge < -0.3 is 9.47 Å². The van der Waals surface area contributed by atoms with Gasteiger partial charge in [-0.2, -0.15) is 5.10 Å². The number of aryl methyl sites for hydroxylation is 1. The van der Waals surface area contributed by atoms with Gasteiger partial charge in [-0.1, -0.05) is 26.8 Å². The largest absolute Gasteiger partial charge is 0.496 e. The van der Waals surface area contributed by atoms with Crippen LogP contribution in [-0.4, -0.2) is 39.3 Å². The van der Waals surface area contributed by atoms with E-state index in [0.717, 1.165) is 34.4 Å². The minimum atomic E-state index is -0.141. The van der Waals surface area contributed by atoms with Crippen LogP contribution in [0.25, 0.3) is 27.8 Å². The van der Waals surface area contributed by atoms with Gasteiger partial charge in [-0.3, -0.25) is 14.0 Å². The van der Waals surface area contributed by atoms with Gasteiger partial charge in [-0.15, -0.1) is 0 Å². The number of imidazole rings is 1. The lowest BCUT2D eigenvalue weighted by Crippen LogP contribution is -2.15. The molecule has 0 atom stereocenters. The van der Waals surface area contributed by atoms with Crippen LogP contribution in [-0.2, 0) is 6.54 Å². The quantitative estimate of drug-likeness (QED) is 0.348. The van der Waals surface area contributed by atoms with E-state index < -0.39 is 0 Å². The van der Waals surface area contributed by atoms with Gasteiger partial charge in [-0.25, -0.2) is 4.98 Å². The summed E-state index contributed by atoms with van der Waals surface area (Å²) < 4.78 is 15.1. The van der Waals surface area contributed by atoms with Crippen molar-refractivity contribution in [1.29, 1.82) is 0 Å². The number of methoxy groups -OCH3 is 2. The molecule has 0 spiro atoms. The maximum Gasteiger partial charge on any atom is 0.170 e. The van der Waals surface area contributed by atoms with Crippen LogP contribution >= 0.6 is 0 Å². The average molecular weight is 447 g/mol. The highest BCUT2D eigenvalue weighted by molar-refractivity contribution is 6.02. The van der Waals surface area contributed by atoms with Crippen LogP contribution in [0.3, 0.4) is 0 Å². The topological polar surface area (TPSA) is 71.2 Å². The maximum absolute atomic E-state index is 13.0. The molecule has 0 saturated heterocycles. The zero-order valence-corrected chi connectivity index (χ0v) is 20.0. The van der Waals surface area contributed by atoms with Crippen molar-refractivity contribution >= 4 is 16.8 Å². The van der Waals surface area contributed by atoms with Crippen molar-refractivity contribution in [1.82, 2.24) is 19.3 Å². The maximum atomic E-state index is 13.0. The first-order valence-corrected chi connectivity index (χ1v) is 11.0. The van der Waals surface area contributed by atoms with Gasteiger partial charge in [0.1, 0.15) is 23.4 Å². The van der Waals surface area contributed by atoms with Crippen molar-refractivity contribution in [3.63, 3.8) is 0 Å². The Labute approximate surface area is 194 Å². The third-order valence-electron chi connectivity index (χ3n) is 5.58. The molecule has 0 saturated carbocycles. The molecule has 172 valence electrons. The number of nitrogens with zero attached hydrogens (tertiary/aromatic N) is 4. The fraction of sp³-hybridized carbons (Fsp3) is 0.346. The summed E-state index contributed by atoms with van der Waals surface area (Å²) in [6.07, 6.45) is 6.06. The molecule has 0 aliphatic rings. The Bertz CT molecular complexity index is 1290. The number of hydrogen-bond donors (Lipinski definition) is 0. The first-order valence-electron chi connectivity index (χ1n) is 11.0. The van der Waals surface area contributed by atoms with Gasteiger partial charge in [0, 0.05) is 36.9 Å². The monoisotopic (exact) mass is 446 g/mol. The third-order valence-corrected chi connectivity index (χ3v) is 5.58. The summed E-state index contributed by atoms with van der Waals surface area (Å²) in [7, 11) is 3.14. The zero-order chi connectivity index (χ0) is 23.8. The zero-order valence-electron chi connectivity index (χ0n) is 20.0. The fourth-order valence-electron chi connectivity index (χ4n) is 3.97. The second-order valence-corrected chi connectivity index (χ2v) is 9.29. The van der Waals surface area contributed by atoms with Crippen LogP contribution in [0.2, 0.25) is 0 Å². The lowest BCUT2D eigenvalue weighted by Gasteiger charge is -2.20. The number of aromatic nitrogens is 4. The van der Waals surface area contributed by atoms with E-state index in [2.05, 4.69) is 29.1 Å². The van der Waals surface area contributed by atoms with Gasteiger partial charge >= 0.3 is 0 Å². The molecule has 0 aliphatic heterocycles. The Morgan fingerprint density at radius 2 is 1.73 bits per heavy atom. The molecule has 2 heterocycles. The van der Waals surface area contributed by atoms with Gasteiger partial charge in [-0.05, 0) is 30.0 Å². The standard InChI is InChI=1S/C26H30N4O3/c1-7-29-15-18(14-28-29)17-8-9-21-20(10-17)27-16-30(21)19-11-23(32-5)25(24(12-19)33-6)22(31)13-26(2,3)4/h8-12,14-16H,7,13H2,1-6H3. The molecule has 2 aromatic heterocycles. The molecule has 7 nitrogen and oxygen atoms in total. The summed E-state index contributed by atoms with van der Waals surface area (Å²) in [5.74, 6) is 0.976. The van der Waals surface area contributed by atoms with Gasteiger partial charge in [0.05, 0.1) is 37.1 Å². The Balaban J connectivity index is 1.77. The summed E-state index contributed by atoms with van der Waals surface area (Å²) in [6.45, 7) is 9.01. The molecule has 0 bridgehead atoms. The predicted molar refractivity (Wildman–Crippen MR) is 129 cm³/mol. The van der Waals surface area contributed by atoms with Gasteiger partial charge in [0.2, 0.25) is 0 Å².